The number of allylic oxidation sites excluding steroid dienone is 4. The van der Waals surface area contributed by atoms with Crippen molar-refractivity contribution in [2.75, 3.05) is 6.54 Å². The smallest absolute Gasteiger partial charge is 0.0403 e. The summed E-state index contributed by atoms with van der Waals surface area (Å²) in [7, 11) is 0. The van der Waals surface area contributed by atoms with Crippen molar-refractivity contribution in [2.24, 2.45) is 10.7 Å². The maximum Gasteiger partial charge on any atom is 0.0403 e. The minimum atomic E-state index is 0.760. The van der Waals surface area contributed by atoms with Crippen LogP contribution in [0.5, 0.6) is 0 Å². The number of aliphatic imine (C=N–C) groups is 1. The van der Waals surface area contributed by atoms with Crippen LogP contribution in [0.4, 0.5) is 0 Å². The van der Waals surface area contributed by atoms with E-state index in [2.05, 4.69) is 53.6 Å². The summed E-state index contributed by atoms with van der Waals surface area (Å²) in [5, 5.41) is 0. The Labute approximate surface area is 157 Å². The molecule has 0 bridgehead atoms. The molecule has 0 saturated carbocycles. The molecular weight excluding hydrogens is 316 g/mol. The summed E-state index contributed by atoms with van der Waals surface area (Å²) in [4.78, 5) is 4.63. The second-order valence-electron chi connectivity index (χ2n) is 6.08. The van der Waals surface area contributed by atoms with E-state index >= 15 is 0 Å². The van der Waals surface area contributed by atoms with Crippen LogP contribution in [0.3, 0.4) is 0 Å². The Morgan fingerprint density at radius 2 is 1.38 bits per heavy atom. The molecule has 0 unspecified atom stereocenters. The van der Waals surface area contributed by atoms with E-state index in [4.69, 9.17) is 5.73 Å². The summed E-state index contributed by atoms with van der Waals surface area (Å²) in [6.07, 6.45) is 16.5. The van der Waals surface area contributed by atoms with Crippen LogP contribution < -0.4 is 5.73 Å². The first-order valence-corrected chi connectivity index (χ1v) is 9.26. The van der Waals surface area contributed by atoms with Gasteiger partial charge in [0.2, 0.25) is 0 Å². The molecule has 2 N–H and O–H groups in total. The summed E-state index contributed by atoms with van der Waals surface area (Å²) in [5.41, 5.74) is 9.04. The standard InChI is InChI=1S/C24H28N2/c25-20-9-3-8-18-24(19-10-16-22-12-4-1-5-13-22)26-21-11-17-23-14-6-2-7-15-23/h1-2,4-7,10-17,19,21H,3,8-9,18,20,25H2. The zero-order valence-corrected chi connectivity index (χ0v) is 15.3. The Morgan fingerprint density at radius 1 is 0.769 bits per heavy atom. The van der Waals surface area contributed by atoms with Crippen LogP contribution in [0, 0.1) is 0 Å². The van der Waals surface area contributed by atoms with Crippen molar-refractivity contribution in [3.8, 4) is 0 Å². The topological polar surface area (TPSA) is 38.4 Å². The lowest BCUT2D eigenvalue weighted by molar-refractivity contribution is 0.681. The monoisotopic (exact) mass is 344 g/mol. The van der Waals surface area contributed by atoms with Gasteiger partial charge in [-0.1, -0.05) is 85.3 Å². The summed E-state index contributed by atoms with van der Waals surface area (Å²) in [5.74, 6) is 0. The van der Waals surface area contributed by atoms with Crippen LogP contribution in [0.25, 0.3) is 12.2 Å². The molecule has 0 radical (unpaired) electrons. The average Bonchev–Trinajstić information content (AvgIpc) is 2.69. The molecular formula is C24H28N2. The maximum atomic E-state index is 5.58. The Bertz CT molecular complexity index is 725. The molecule has 0 saturated heterocycles. The second kappa shape index (κ2) is 12.6. The van der Waals surface area contributed by atoms with E-state index in [9.17, 15) is 0 Å². The minimum absolute atomic E-state index is 0.760. The molecule has 26 heavy (non-hydrogen) atoms. The first-order valence-electron chi connectivity index (χ1n) is 9.26. The Hall–Kier alpha value is -2.71. The highest BCUT2D eigenvalue weighted by molar-refractivity contribution is 5.79. The van der Waals surface area contributed by atoms with Crippen molar-refractivity contribution in [3.63, 3.8) is 0 Å². The highest BCUT2D eigenvalue weighted by Crippen LogP contribution is 2.11. The molecule has 0 amide bonds. The number of hydrogen-bond acceptors (Lipinski definition) is 2. The van der Waals surface area contributed by atoms with E-state index in [1.807, 2.05) is 48.7 Å². The van der Waals surface area contributed by atoms with Gasteiger partial charge in [0.15, 0.2) is 0 Å². The minimum Gasteiger partial charge on any atom is -0.330 e. The number of nitrogens with two attached hydrogens (primary N) is 1. The fraction of sp³-hybridized carbons (Fsp3) is 0.208. The second-order valence-corrected chi connectivity index (χ2v) is 6.08. The van der Waals surface area contributed by atoms with Gasteiger partial charge in [-0.05, 0) is 49.1 Å². The van der Waals surface area contributed by atoms with Gasteiger partial charge < -0.3 is 5.73 Å². The van der Waals surface area contributed by atoms with Crippen LogP contribution in [-0.2, 0) is 0 Å². The van der Waals surface area contributed by atoms with Gasteiger partial charge in [0, 0.05) is 11.9 Å². The lowest BCUT2D eigenvalue weighted by Crippen LogP contribution is -1.97. The van der Waals surface area contributed by atoms with Crippen LogP contribution in [0.1, 0.15) is 36.8 Å². The summed E-state index contributed by atoms with van der Waals surface area (Å²) in [6, 6.07) is 20.6. The Morgan fingerprint density at radius 3 is 2.00 bits per heavy atom. The number of hydrogen-bond donors (Lipinski definition) is 1. The third-order valence-corrected chi connectivity index (χ3v) is 3.93. The molecule has 0 aliphatic carbocycles. The van der Waals surface area contributed by atoms with Gasteiger partial charge in [-0.3, -0.25) is 4.99 Å². The van der Waals surface area contributed by atoms with Gasteiger partial charge >= 0.3 is 0 Å². The molecule has 0 spiro atoms. The van der Waals surface area contributed by atoms with E-state index in [0.717, 1.165) is 37.9 Å². The van der Waals surface area contributed by atoms with Gasteiger partial charge in [-0.15, -0.1) is 0 Å². The number of unbranched alkanes of at least 4 members (excludes halogenated alkanes) is 2. The number of benzene rings is 2. The normalized spacial score (nSPS) is 12.6. The van der Waals surface area contributed by atoms with Crippen molar-refractivity contribution in [3.05, 3.63) is 95.7 Å². The molecule has 0 aromatic heterocycles. The van der Waals surface area contributed by atoms with Gasteiger partial charge in [-0.25, -0.2) is 0 Å². The first kappa shape index (κ1) is 19.6. The number of nitrogens with zero attached hydrogens (tertiary/aromatic N) is 1. The lowest BCUT2D eigenvalue weighted by Gasteiger charge is -2.00. The zero-order chi connectivity index (χ0) is 18.3. The maximum absolute atomic E-state index is 5.58. The van der Waals surface area contributed by atoms with Gasteiger partial charge in [0.05, 0.1) is 0 Å². The summed E-state index contributed by atoms with van der Waals surface area (Å²) >= 11 is 0. The van der Waals surface area contributed by atoms with Crippen molar-refractivity contribution in [1.82, 2.24) is 0 Å². The van der Waals surface area contributed by atoms with Crippen molar-refractivity contribution < 1.29 is 0 Å². The van der Waals surface area contributed by atoms with Crippen molar-refractivity contribution >= 4 is 18.4 Å². The molecule has 2 nitrogen and oxygen atoms in total. The summed E-state index contributed by atoms with van der Waals surface area (Å²) < 4.78 is 0. The molecule has 2 heteroatoms. The van der Waals surface area contributed by atoms with E-state index in [1.54, 1.807) is 0 Å². The fourth-order valence-electron chi connectivity index (χ4n) is 2.51. The molecule has 134 valence electrons. The van der Waals surface area contributed by atoms with Crippen LogP contribution in [0.15, 0.2) is 89.6 Å². The third-order valence-electron chi connectivity index (χ3n) is 3.93. The van der Waals surface area contributed by atoms with Gasteiger partial charge in [0.25, 0.3) is 0 Å². The average molecular weight is 345 g/mol. The predicted molar refractivity (Wildman–Crippen MR) is 115 cm³/mol. The summed E-state index contributed by atoms with van der Waals surface area (Å²) in [6.45, 7) is 0.760. The molecule has 0 aliphatic rings. The molecule has 0 heterocycles. The fourth-order valence-corrected chi connectivity index (χ4v) is 2.51. The van der Waals surface area contributed by atoms with Gasteiger partial charge in [-0.2, -0.15) is 0 Å². The van der Waals surface area contributed by atoms with Crippen LogP contribution >= 0.6 is 0 Å². The lowest BCUT2D eigenvalue weighted by atomic mass is 10.1. The highest BCUT2D eigenvalue weighted by Gasteiger charge is 1.94. The van der Waals surface area contributed by atoms with E-state index in [1.165, 1.54) is 11.1 Å². The van der Waals surface area contributed by atoms with Gasteiger partial charge in [0.1, 0.15) is 0 Å². The molecule has 0 atom stereocenters. The highest BCUT2D eigenvalue weighted by atomic mass is 14.7. The zero-order valence-electron chi connectivity index (χ0n) is 15.3. The largest absolute Gasteiger partial charge is 0.330 e. The van der Waals surface area contributed by atoms with E-state index in [-0.39, 0.29) is 0 Å². The Balaban J connectivity index is 1.97. The first-order chi connectivity index (χ1) is 12.9. The van der Waals surface area contributed by atoms with Crippen LogP contribution in [-0.4, -0.2) is 12.8 Å². The third kappa shape index (κ3) is 8.41. The van der Waals surface area contributed by atoms with E-state index < -0.39 is 0 Å². The van der Waals surface area contributed by atoms with E-state index in [0.29, 0.717) is 0 Å². The number of rotatable bonds is 10. The Kier molecular flexibility index (Phi) is 9.52. The molecule has 2 aromatic carbocycles. The molecule has 0 fully saturated rings. The SMILES string of the molecule is NCCCCCC(=CC=Cc1ccccc1)N=CC=Cc1ccccc1. The molecule has 0 aliphatic heterocycles. The van der Waals surface area contributed by atoms with Crippen LogP contribution in [0.2, 0.25) is 0 Å². The predicted octanol–water partition coefficient (Wildman–Crippen LogP) is 5.89. The van der Waals surface area contributed by atoms with Crippen molar-refractivity contribution in [1.29, 1.82) is 0 Å². The molecule has 2 aromatic rings. The van der Waals surface area contributed by atoms with Crippen molar-refractivity contribution in [2.45, 2.75) is 25.7 Å². The molecule has 2 rings (SSSR count). The quantitative estimate of drug-likeness (QED) is 0.326.